The smallest absolute Gasteiger partial charge is 0.0641 e. The fourth-order valence-electron chi connectivity index (χ4n) is 3.30. The van der Waals surface area contributed by atoms with Crippen molar-refractivity contribution in [1.82, 2.24) is 15.1 Å². The summed E-state index contributed by atoms with van der Waals surface area (Å²) >= 11 is 0. The van der Waals surface area contributed by atoms with Crippen LogP contribution < -0.4 is 5.32 Å². The van der Waals surface area contributed by atoms with Crippen molar-refractivity contribution in [2.24, 2.45) is 13.0 Å². The third kappa shape index (κ3) is 2.50. The average molecular weight is 269 g/mol. The first kappa shape index (κ1) is 13.4. The normalized spacial score (nSPS) is 22.8. The highest BCUT2D eigenvalue weighted by Gasteiger charge is 2.44. The molecule has 2 aromatic rings. The number of benzene rings is 1. The summed E-state index contributed by atoms with van der Waals surface area (Å²) in [5, 5.41) is 8.16. The van der Waals surface area contributed by atoms with Gasteiger partial charge in [0.1, 0.15) is 0 Å². The van der Waals surface area contributed by atoms with Crippen LogP contribution in [0.2, 0.25) is 0 Å². The maximum Gasteiger partial charge on any atom is 0.0641 e. The molecule has 3 nitrogen and oxygen atoms in total. The zero-order valence-electron chi connectivity index (χ0n) is 12.5. The average Bonchev–Trinajstić information content (AvgIpc) is 3.17. The van der Waals surface area contributed by atoms with Gasteiger partial charge in [-0.25, -0.2) is 0 Å². The Hall–Kier alpha value is -1.61. The van der Waals surface area contributed by atoms with Crippen LogP contribution in [0.1, 0.15) is 42.1 Å². The molecule has 1 heterocycles. The van der Waals surface area contributed by atoms with Crippen LogP contribution in [0.5, 0.6) is 0 Å². The van der Waals surface area contributed by atoms with Crippen molar-refractivity contribution in [2.75, 3.05) is 6.54 Å². The zero-order chi connectivity index (χ0) is 14.1. The lowest BCUT2D eigenvalue weighted by Crippen LogP contribution is -2.23. The number of rotatable bonds is 5. The number of hydrogen-bond donors (Lipinski definition) is 1. The first-order chi connectivity index (χ1) is 9.70. The van der Waals surface area contributed by atoms with Gasteiger partial charge in [-0.15, -0.1) is 0 Å². The van der Waals surface area contributed by atoms with Crippen molar-refractivity contribution in [2.45, 2.75) is 32.2 Å². The van der Waals surface area contributed by atoms with Crippen LogP contribution in [-0.2, 0) is 7.05 Å². The summed E-state index contributed by atoms with van der Waals surface area (Å²) < 4.78 is 1.93. The molecule has 0 spiro atoms. The summed E-state index contributed by atoms with van der Waals surface area (Å²) in [6.07, 6.45) is 3.44. The van der Waals surface area contributed by atoms with E-state index in [1.807, 2.05) is 11.7 Å². The van der Waals surface area contributed by atoms with E-state index in [1.165, 1.54) is 17.5 Å². The summed E-state index contributed by atoms with van der Waals surface area (Å²) in [6.45, 7) is 5.29. The number of aryl methyl sites for hydroxylation is 2. The minimum absolute atomic E-state index is 0.430. The van der Waals surface area contributed by atoms with Crippen molar-refractivity contribution < 1.29 is 0 Å². The molecule has 1 fully saturated rings. The molecule has 0 bridgehead atoms. The fourth-order valence-corrected chi connectivity index (χ4v) is 3.30. The standard InChI is InChI=1S/C17H23N3/c1-4-18-17(16-11-20(3)19-12(16)2)15-10-14(15)13-8-6-5-7-9-13/h5-9,11,14-15,17-18H,4,10H2,1-3H3. The topological polar surface area (TPSA) is 29.9 Å². The van der Waals surface area contributed by atoms with Crippen LogP contribution in [0.15, 0.2) is 36.5 Å². The Labute approximate surface area is 121 Å². The molecule has 3 atom stereocenters. The SMILES string of the molecule is CCNC(c1cn(C)nc1C)C1CC1c1ccccc1. The molecule has 0 amide bonds. The molecule has 0 aliphatic heterocycles. The summed E-state index contributed by atoms with van der Waals surface area (Å²) in [7, 11) is 2.00. The van der Waals surface area contributed by atoms with Crippen LogP contribution in [0.3, 0.4) is 0 Å². The second-order valence-electron chi connectivity index (χ2n) is 5.80. The van der Waals surface area contributed by atoms with Gasteiger partial charge in [-0.2, -0.15) is 5.10 Å². The van der Waals surface area contributed by atoms with E-state index in [9.17, 15) is 0 Å². The van der Waals surface area contributed by atoms with Crippen LogP contribution >= 0.6 is 0 Å². The van der Waals surface area contributed by atoms with E-state index in [-0.39, 0.29) is 0 Å². The molecule has 20 heavy (non-hydrogen) atoms. The first-order valence-electron chi connectivity index (χ1n) is 7.49. The largest absolute Gasteiger partial charge is 0.310 e. The minimum atomic E-state index is 0.430. The lowest BCUT2D eigenvalue weighted by molar-refractivity contribution is 0.485. The quantitative estimate of drug-likeness (QED) is 0.903. The molecule has 3 unspecified atom stereocenters. The molecule has 3 rings (SSSR count). The molecule has 3 heteroatoms. The molecular formula is C17H23N3. The first-order valence-corrected chi connectivity index (χ1v) is 7.49. The monoisotopic (exact) mass is 269 g/mol. The summed E-state index contributed by atoms with van der Waals surface area (Å²) in [5.74, 6) is 1.39. The second kappa shape index (κ2) is 5.41. The minimum Gasteiger partial charge on any atom is -0.310 e. The molecule has 106 valence electrons. The lowest BCUT2D eigenvalue weighted by atomic mass is 9.99. The Morgan fingerprint density at radius 1 is 1.35 bits per heavy atom. The Morgan fingerprint density at radius 2 is 2.10 bits per heavy atom. The van der Waals surface area contributed by atoms with Crippen LogP contribution in [0.4, 0.5) is 0 Å². The number of nitrogens with one attached hydrogen (secondary N) is 1. The summed E-state index contributed by atoms with van der Waals surface area (Å²) in [5.41, 5.74) is 3.98. The molecule has 1 N–H and O–H groups in total. The van der Waals surface area contributed by atoms with Crippen LogP contribution in [0.25, 0.3) is 0 Å². The van der Waals surface area contributed by atoms with E-state index in [2.05, 4.69) is 60.8 Å². The van der Waals surface area contributed by atoms with E-state index in [1.54, 1.807) is 0 Å². The Balaban J connectivity index is 1.81. The number of nitrogens with zero attached hydrogens (tertiary/aromatic N) is 2. The van der Waals surface area contributed by atoms with E-state index in [0.29, 0.717) is 17.9 Å². The molecular weight excluding hydrogens is 246 g/mol. The van der Waals surface area contributed by atoms with E-state index in [4.69, 9.17) is 0 Å². The van der Waals surface area contributed by atoms with E-state index < -0.39 is 0 Å². The van der Waals surface area contributed by atoms with Crippen LogP contribution in [0, 0.1) is 12.8 Å². The molecule has 1 saturated carbocycles. The van der Waals surface area contributed by atoms with Gasteiger partial charge in [-0.1, -0.05) is 37.3 Å². The summed E-state index contributed by atoms with van der Waals surface area (Å²) in [4.78, 5) is 0. The molecule has 1 aliphatic rings. The fraction of sp³-hybridized carbons (Fsp3) is 0.471. The molecule has 0 radical (unpaired) electrons. The lowest BCUT2D eigenvalue weighted by Gasteiger charge is -2.17. The van der Waals surface area contributed by atoms with Gasteiger partial charge in [0.05, 0.1) is 5.69 Å². The summed E-state index contributed by atoms with van der Waals surface area (Å²) in [6, 6.07) is 11.3. The van der Waals surface area contributed by atoms with Crippen molar-refractivity contribution in [1.29, 1.82) is 0 Å². The molecule has 1 aromatic carbocycles. The maximum atomic E-state index is 4.50. The van der Waals surface area contributed by atoms with Crippen molar-refractivity contribution in [3.63, 3.8) is 0 Å². The van der Waals surface area contributed by atoms with Gasteiger partial charge in [-0.05, 0) is 37.3 Å². The van der Waals surface area contributed by atoms with Crippen molar-refractivity contribution >= 4 is 0 Å². The maximum absolute atomic E-state index is 4.50. The highest BCUT2D eigenvalue weighted by atomic mass is 15.3. The Kier molecular flexibility index (Phi) is 3.62. The van der Waals surface area contributed by atoms with E-state index in [0.717, 1.165) is 12.2 Å². The predicted molar refractivity (Wildman–Crippen MR) is 81.7 cm³/mol. The third-order valence-electron chi connectivity index (χ3n) is 4.31. The Morgan fingerprint density at radius 3 is 2.70 bits per heavy atom. The van der Waals surface area contributed by atoms with Gasteiger partial charge in [0, 0.05) is 24.8 Å². The van der Waals surface area contributed by atoms with Gasteiger partial charge in [0.2, 0.25) is 0 Å². The number of hydrogen-bond acceptors (Lipinski definition) is 2. The third-order valence-corrected chi connectivity index (χ3v) is 4.31. The van der Waals surface area contributed by atoms with E-state index >= 15 is 0 Å². The second-order valence-corrected chi connectivity index (χ2v) is 5.80. The van der Waals surface area contributed by atoms with Gasteiger partial charge >= 0.3 is 0 Å². The van der Waals surface area contributed by atoms with Gasteiger partial charge < -0.3 is 5.32 Å². The van der Waals surface area contributed by atoms with Crippen molar-refractivity contribution in [3.8, 4) is 0 Å². The molecule has 1 aromatic heterocycles. The van der Waals surface area contributed by atoms with Gasteiger partial charge in [0.15, 0.2) is 0 Å². The Bertz CT molecular complexity index is 573. The zero-order valence-corrected chi connectivity index (χ0v) is 12.5. The molecule has 1 aliphatic carbocycles. The van der Waals surface area contributed by atoms with Gasteiger partial charge in [-0.3, -0.25) is 4.68 Å². The highest BCUT2D eigenvalue weighted by Crippen LogP contribution is 2.54. The molecule has 0 saturated heterocycles. The van der Waals surface area contributed by atoms with Crippen LogP contribution in [-0.4, -0.2) is 16.3 Å². The number of aromatic nitrogens is 2. The van der Waals surface area contributed by atoms with Gasteiger partial charge in [0.25, 0.3) is 0 Å². The van der Waals surface area contributed by atoms with Crippen molar-refractivity contribution in [3.05, 3.63) is 53.3 Å². The predicted octanol–water partition coefficient (Wildman–Crippen LogP) is 3.18. The highest BCUT2D eigenvalue weighted by molar-refractivity contribution is 5.31.